The number of sulfone groups is 1. The molecule has 134 valence electrons. The minimum Gasteiger partial charge on any atom is -0.490 e. The van der Waals surface area contributed by atoms with Crippen molar-refractivity contribution in [3.05, 3.63) is 34.8 Å². The molecule has 1 aromatic carbocycles. The summed E-state index contributed by atoms with van der Waals surface area (Å²) in [6.07, 6.45) is 2.44. The average Bonchev–Trinajstić information content (AvgIpc) is 2.86. The molecule has 1 saturated heterocycles. The van der Waals surface area contributed by atoms with Gasteiger partial charge in [0.1, 0.15) is 6.61 Å². The van der Waals surface area contributed by atoms with Crippen molar-refractivity contribution in [3.63, 3.8) is 0 Å². The van der Waals surface area contributed by atoms with E-state index in [-0.39, 0.29) is 5.92 Å². The second-order valence-corrected chi connectivity index (χ2v) is 8.92. The molecule has 1 heterocycles. The van der Waals surface area contributed by atoms with Gasteiger partial charge in [0.05, 0.1) is 22.6 Å². The highest BCUT2D eigenvalue weighted by Crippen LogP contribution is 2.37. The molecule has 0 aliphatic carbocycles. The van der Waals surface area contributed by atoms with Crippen molar-refractivity contribution < 1.29 is 17.9 Å². The highest BCUT2D eigenvalue weighted by atomic mass is 79.9. The summed E-state index contributed by atoms with van der Waals surface area (Å²) in [5.74, 6) is 2.17. The lowest BCUT2D eigenvalue weighted by atomic mass is 10.1. The van der Waals surface area contributed by atoms with Crippen LogP contribution in [0.4, 0.5) is 0 Å². The first-order valence-electron chi connectivity index (χ1n) is 8.05. The van der Waals surface area contributed by atoms with Crippen LogP contribution in [-0.2, 0) is 16.4 Å². The van der Waals surface area contributed by atoms with E-state index < -0.39 is 9.84 Å². The second-order valence-electron chi connectivity index (χ2n) is 5.84. The van der Waals surface area contributed by atoms with E-state index in [9.17, 15) is 8.42 Å². The van der Waals surface area contributed by atoms with E-state index in [1.54, 1.807) is 6.08 Å². The Hall–Kier alpha value is -1.05. The second kappa shape index (κ2) is 8.87. The molecule has 0 amide bonds. The van der Waals surface area contributed by atoms with Crippen molar-refractivity contribution in [2.24, 2.45) is 5.92 Å². The Balaban J connectivity index is 1.98. The Morgan fingerprint density at radius 1 is 1.42 bits per heavy atom. The summed E-state index contributed by atoms with van der Waals surface area (Å²) in [5, 5.41) is 3.34. The Morgan fingerprint density at radius 2 is 2.21 bits per heavy atom. The van der Waals surface area contributed by atoms with Crippen LogP contribution in [0.5, 0.6) is 11.5 Å². The van der Waals surface area contributed by atoms with Crippen LogP contribution in [0.15, 0.2) is 29.3 Å². The zero-order chi connectivity index (χ0) is 17.6. The monoisotopic (exact) mass is 417 g/mol. The number of ether oxygens (including phenoxy) is 2. The van der Waals surface area contributed by atoms with E-state index in [1.165, 1.54) is 0 Å². The van der Waals surface area contributed by atoms with E-state index in [0.717, 1.165) is 16.5 Å². The molecule has 0 radical (unpaired) electrons. The normalized spacial score (nSPS) is 19.2. The molecule has 0 saturated carbocycles. The minimum atomic E-state index is -2.82. The summed E-state index contributed by atoms with van der Waals surface area (Å²) in [4.78, 5) is 0. The third-order valence-electron chi connectivity index (χ3n) is 3.80. The minimum absolute atomic E-state index is 0.208. The topological polar surface area (TPSA) is 64.6 Å². The molecule has 1 fully saturated rings. The maximum atomic E-state index is 11.5. The predicted molar refractivity (Wildman–Crippen MR) is 99.5 cm³/mol. The van der Waals surface area contributed by atoms with Gasteiger partial charge in [-0.2, -0.15) is 0 Å². The van der Waals surface area contributed by atoms with Gasteiger partial charge >= 0.3 is 0 Å². The number of benzene rings is 1. The molecule has 0 spiro atoms. The molecule has 1 atom stereocenters. The van der Waals surface area contributed by atoms with E-state index in [2.05, 4.69) is 27.8 Å². The van der Waals surface area contributed by atoms with Crippen LogP contribution in [0.25, 0.3) is 0 Å². The molecule has 24 heavy (non-hydrogen) atoms. The van der Waals surface area contributed by atoms with Gasteiger partial charge in [0.2, 0.25) is 0 Å². The molecule has 0 bridgehead atoms. The standard InChI is InChI=1S/C17H24BrNO4S/c1-3-6-23-17-15(18)8-14(9-16(17)22-4-2)11-19-10-13-5-7-24(20,21)12-13/h3,8-9,13,19H,1,4-7,10-12H2,2H3. The summed E-state index contributed by atoms with van der Waals surface area (Å²) >= 11 is 3.52. The molecule has 1 unspecified atom stereocenters. The third kappa shape index (κ3) is 5.50. The summed E-state index contributed by atoms with van der Waals surface area (Å²) in [5.41, 5.74) is 1.05. The van der Waals surface area contributed by atoms with Crippen molar-refractivity contribution in [2.45, 2.75) is 19.9 Å². The van der Waals surface area contributed by atoms with Crippen molar-refractivity contribution in [3.8, 4) is 11.5 Å². The summed E-state index contributed by atoms with van der Waals surface area (Å²) in [6.45, 7) is 7.89. The van der Waals surface area contributed by atoms with Gasteiger partial charge in [-0.15, -0.1) is 0 Å². The van der Waals surface area contributed by atoms with Crippen molar-refractivity contribution >= 4 is 25.8 Å². The average molecular weight is 418 g/mol. The smallest absolute Gasteiger partial charge is 0.175 e. The number of nitrogens with one attached hydrogen (secondary N) is 1. The number of hydrogen-bond acceptors (Lipinski definition) is 5. The van der Waals surface area contributed by atoms with Gasteiger partial charge in [-0.05, 0) is 59.4 Å². The van der Waals surface area contributed by atoms with Crippen LogP contribution in [0.2, 0.25) is 0 Å². The summed E-state index contributed by atoms with van der Waals surface area (Å²) < 4.78 is 35.1. The zero-order valence-electron chi connectivity index (χ0n) is 13.9. The SMILES string of the molecule is C=CCOc1c(Br)cc(CNCC2CCS(=O)(=O)C2)cc1OCC. The van der Waals surface area contributed by atoms with Crippen LogP contribution >= 0.6 is 15.9 Å². The van der Waals surface area contributed by atoms with E-state index in [0.29, 0.717) is 49.3 Å². The van der Waals surface area contributed by atoms with E-state index in [4.69, 9.17) is 9.47 Å². The number of hydrogen-bond donors (Lipinski definition) is 1. The van der Waals surface area contributed by atoms with Gasteiger partial charge in [-0.3, -0.25) is 0 Å². The maximum Gasteiger partial charge on any atom is 0.175 e. The highest BCUT2D eigenvalue weighted by Gasteiger charge is 2.27. The molecule has 7 heteroatoms. The molecule has 2 rings (SSSR count). The fraction of sp³-hybridized carbons (Fsp3) is 0.529. The van der Waals surface area contributed by atoms with E-state index in [1.807, 2.05) is 19.1 Å². The van der Waals surface area contributed by atoms with Gasteiger partial charge in [-0.1, -0.05) is 12.7 Å². The molecule has 1 aliphatic heterocycles. The molecular weight excluding hydrogens is 394 g/mol. The van der Waals surface area contributed by atoms with Crippen LogP contribution in [0, 0.1) is 5.92 Å². The lowest BCUT2D eigenvalue weighted by Crippen LogP contribution is -2.23. The Morgan fingerprint density at radius 3 is 2.83 bits per heavy atom. The number of halogens is 1. The maximum absolute atomic E-state index is 11.5. The van der Waals surface area contributed by atoms with Crippen molar-refractivity contribution in [1.29, 1.82) is 0 Å². The van der Waals surface area contributed by atoms with Crippen LogP contribution in [0.1, 0.15) is 18.9 Å². The van der Waals surface area contributed by atoms with Gasteiger partial charge in [0.15, 0.2) is 21.3 Å². The van der Waals surface area contributed by atoms with Gasteiger partial charge < -0.3 is 14.8 Å². The summed E-state index contributed by atoms with van der Waals surface area (Å²) in [7, 11) is -2.82. The number of rotatable bonds is 9. The van der Waals surface area contributed by atoms with Crippen molar-refractivity contribution in [2.75, 3.05) is 31.3 Å². The fourth-order valence-corrected chi connectivity index (χ4v) is 5.19. The highest BCUT2D eigenvalue weighted by molar-refractivity contribution is 9.10. The van der Waals surface area contributed by atoms with E-state index >= 15 is 0 Å². The van der Waals surface area contributed by atoms with Crippen LogP contribution in [0.3, 0.4) is 0 Å². The fourth-order valence-electron chi connectivity index (χ4n) is 2.72. The largest absolute Gasteiger partial charge is 0.490 e. The summed E-state index contributed by atoms with van der Waals surface area (Å²) in [6, 6.07) is 3.93. The predicted octanol–water partition coefficient (Wildman–Crippen LogP) is 2.94. The van der Waals surface area contributed by atoms with Gasteiger partial charge in [-0.25, -0.2) is 8.42 Å². The first-order valence-corrected chi connectivity index (χ1v) is 10.7. The lowest BCUT2D eigenvalue weighted by molar-refractivity contribution is 0.295. The quantitative estimate of drug-likeness (QED) is 0.625. The molecule has 1 aromatic rings. The Bertz CT molecular complexity index is 675. The third-order valence-corrected chi connectivity index (χ3v) is 6.23. The molecule has 1 aliphatic rings. The first kappa shape index (κ1) is 19.3. The van der Waals surface area contributed by atoms with Crippen LogP contribution in [-0.4, -0.2) is 39.7 Å². The molecule has 0 aromatic heterocycles. The van der Waals surface area contributed by atoms with Crippen LogP contribution < -0.4 is 14.8 Å². The van der Waals surface area contributed by atoms with Gasteiger partial charge in [0, 0.05) is 6.54 Å². The van der Waals surface area contributed by atoms with Crippen molar-refractivity contribution in [1.82, 2.24) is 5.32 Å². The molecule has 5 nitrogen and oxygen atoms in total. The Kier molecular flexibility index (Phi) is 7.13. The first-order chi connectivity index (χ1) is 11.4. The van der Waals surface area contributed by atoms with Gasteiger partial charge in [0.25, 0.3) is 0 Å². The zero-order valence-corrected chi connectivity index (χ0v) is 16.3. The Labute approximate surface area is 152 Å². The molecular formula is C17H24BrNO4S. The lowest BCUT2D eigenvalue weighted by Gasteiger charge is -2.15. The molecule has 1 N–H and O–H groups in total.